The zero-order chi connectivity index (χ0) is 14.4. The lowest BCUT2D eigenvalue weighted by atomic mass is 10.1. The molecule has 0 aliphatic heterocycles. The molecule has 104 valence electrons. The Hall–Kier alpha value is -2.29. The van der Waals surface area contributed by atoms with Crippen LogP contribution in [0.5, 0.6) is 11.5 Å². The van der Waals surface area contributed by atoms with E-state index in [0.717, 1.165) is 23.6 Å². The zero-order valence-electron chi connectivity index (χ0n) is 12.2. The highest BCUT2D eigenvalue weighted by Crippen LogP contribution is 2.28. The molecule has 2 aromatic rings. The van der Waals surface area contributed by atoms with Crippen LogP contribution in [0, 0.1) is 0 Å². The molecule has 0 spiro atoms. The lowest BCUT2D eigenvalue weighted by Crippen LogP contribution is -2.30. The van der Waals surface area contributed by atoms with Crippen LogP contribution in [0.2, 0.25) is 0 Å². The summed E-state index contributed by atoms with van der Waals surface area (Å²) in [6.45, 7) is 3.11. The summed E-state index contributed by atoms with van der Waals surface area (Å²) in [5.41, 5.74) is 2.25. The molecule has 2 rings (SSSR count). The Kier molecular flexibility index (Phi) is 4.77. The average Bonchev–Trinajstić information content (AvgIpc) is 2.53. The lowest BCUT2D eigenvalue weighted by Gasteiger charge is -2.07. The fourth-order valence-electron chi connectivity index (χ4n) is 1.94. The summed E-state index contributed by atoms with van der Waals surface area (Å²) in [4.78, 5) is 0. The minimum Gasteiger partial charge on any atom is -0.493 e. The van der Waals surface area contributed by atoms with E-state index >= 15 is 0 Å². The number of nitrogens with zero attached hydrogens (tertiary/aromatic N) is 1. The largest absolute Gasteiger partial charge is 0.493 e. The first kappa shape index (κ1) is 14.1. The van der Waals surface area contributed by atoms with Gasteiger partial charge in [-0.1, -0.05) is 18.2 Å². The molecule has 0 unspecified atom stereocenters. The molecule has 0 amide bonds. The van der Waals surface area contributed by atoms with Crippen molar-refractivity contribution < 1.29 is 14.0 Å². The van der Waals surface area contributed by atoms with Crippen molar-refractivity contribution in [3.05, 3.63) is 53.9 Å². The van der Waals surface area contributed by atoms with Crippen LogP contribution in [0.4, 0.5) is 0 Å². The van der Waals surface area contributed by atoms with Gasteiger partial charge in [-0.3, -0.25) is 0 Å². The number of benzene rings is 1. The number of aryl methyl sites for hydroxylation is 1. The summed E-state index contributed by atoms with van der Waals surface area (Å²) < 4.78 is 12.7. The number of hydrogen-bond acceptors (Lipinski definition) is 2. The van der Waals surface area contributed by atoms with E-state index in [1.807, 2.05) is 18.2 Å². The van der Waals surface area contributed by atoms with Crippen molar-refractivity contribution in [3.63, 3.8) is 0 Å². The SMILES string of the molecule is CC[n+]1ccc(C=Cc2ccc(OC)c(OC)c2)cc1. The van der Waals surface area contributed by atoms with E-state index in [2.05, 4.69) is 48.2 Å². The Bertz CT molecular complexity index is 588. The predicted molar refractivity (Wildman–Crippen MR) is 80.8 cm³/mol. The van der Waals surface area contributed by atoms with Crippen LogP contribution in [0.15, 0.2) is 42.7 Å². The van der Waals surface area contributed by atoms with Crippen LogP contribution < -0.4 is 14.0 Å². The molecule has 20 heavy (non-hydrogen) atoms. The quantitative estimate of drug-likeness (QED) is 0.779. The standard InChI is InChI=1S/C17H20NO2/c1-4-18-11-9-14(10-12-18)5-6-15-7-8-16(19-2)17(13-15)20-3/h5-13H,4H2,1-3H3/q+1. The number of ether oxygens (including phenoxy) is 2. The van der Waals surface area contributed by atoms with Crippen molar-refractivity contribution in [2.24, 2.45) is 0 Å². The van der Waals surface area contributed by atoms with Gasteiger partial charge < -0.3 is 9.47 Å². The fraction of sp³-hybridized carbons (Fsp3) is 0.235. The van der Waals surface area contributed by atoms with Crippen LogP contribution in [-0.2, 0) is 6.54 Å². The van der Waals surface area contributed by atoms with Gasteiger partial charge in [0, 0.05) is 12.1 Å². The number of hydrogen-bond donors (Lipinski definition) is 0. The Balaban J connectivity index is 2.17. The predicted octanol–water partition coefficient (Wildman–Crippen LogP) is 3.18. The van der Waals surface area contributed by atoms with E-state index in [0.29, 0.717) is 0 Å². The minimum atomic E-state index is 0.742. The monoisotopic (exact) mass is 270 g/mol. The highest BCUT2D eigenvalue weighted by atomic mass is 16.5. The summed E-state index contributed by atoms with van der Waals surface area (Å²) in [6, 6.07) is 10.1. The third kappa shape index (κ3) is 3.38. The van der Waals surface area contributed by atoms with E-state index in [-0.39, 0.29) is 0 Å². The van der Waals surface area contributed by atoms with Gasteiger partial charge in [-0.25, -0.2) is 4.57 Å². The number of methoxy groups -OCH3 is 2. The first-order valence-corrected chi connectivity index (χ1v) is 6.66. The highest BCUT2D eigenvalue weighted by molar-refractivity contribution is 5.70. The van der Waals surface area contributed by atoms with E-state index in [1.54, 1.807) is 14.2 Å². The van der Waals surface area contributed by atoms with Crippen molar-refractivity contribution in [2.75, 3.05) is 14.2 Å². The second-order valence-corrected chi connectivity index (χ2v) is 4.41. The summed E-state index contributed by atoms with van der Waals surface area (Å²) >= 11 is 0. The van der Waals surface area contributed by atoms with Gasteiger partial charge in [0.15, 0.2) is 23.9 Å². The van der Waals surface area contributed by atoms with Crippen molar-refractivity contribution in [1.82, 2.24) is 0 Å². The van der Waals surface area contributed by atoms with Gasteiger partial charge in [0.25, 0.3) is 0 Å². The van der Waals surface area contributed by atoms with E-state index < -0.39 is 0 Å². The molecule has 0 atom stereocenters. The Morgan fingerprint density at radius 2 is 1.55 bits per heavy atom. The number of pyridine rings is 1. The lowest BCUT2D eigenvalue weighted by molar-refractivity contribution is -0.693. The van der Waals surface area contributed by atoms with Crippen LogP contribution >= 0.6 is 0 Å². The molecule has 0 N–H and O–H groups in total. The van der Waals surface area contributed by atoms with Gasteiger partial charge in [-0.05, 0) is 30.2 Å². The van der Waals surface area contributed by atoms with Crippen LogP contribution in [0.1, 0.15) is 18.1 Å². The first-order chi connectivity index (χ1) is 9.76. The van der Waals surface area contributed by atoms with Crippen molar-refractivity contribution in [3.8, 4) is 11.5 Å². The molecule has 1 aromatic heterocycles. The van der Waals surface area contributed by atoms with E-state index in [9.17, 15) is 0 Å². The van der Waals surface area contributed by atoms with Crippen molar-refractivity contribution >= 4 is 12.2 Å². The summed E-state index contributed by atoms with van der Waals surface area (Å²) in [7, 11) is 3.28. The summed E-state index contributed by atoms with van der Waals surface area (Å²) in [5, 5.41) is 0. The van der Waals surface area contributed by atoms with Gasteiger partial charge in [-0.15, -0.1) is 0 Å². The molecule has 1 heterocycles. The molecule has 0 fully saturated rings. The van der Waals surface area contributed by atoms with Gasteiger partial charge >= 0.3 is 0 Å². The third-order valence-electron chi connectivity index (χ3n) is 3.16. The maximum absolute atomic E-state index is 5.30. The van der Waals surface area contributed by atoms with Crippen LogP contribution in [0.25, 0.3) is 12.2 Å². The molecule has 3 nitrogen and oxygen atoms in total. The molecule has 0 saturated heterocycles. The minimum absolute atomic E-state index is 0.742. The molecule has 0 radical (unpaired) electrons. The molecular formula is C17H20NO2+. The highest BCUT2D eigenvalue weighted by Gasteiger charge is 2.02. The molecular weight excluding hydrogens is 250 g/mol. The first-order valence-electron chi connectivity index (χ1n) is 6.66. The molecule has 0 aliphatic carbocycles. The maximum atomic E-state index is 5.30. The Morgan fingerprint density at radius 3 is 2.15 bits per heavy atom. The van der Waals surface area contributed by atoms with Crippen molar-refractivity contribution in [1.29, 1.82) is 0 Å². The zero-order valence-corrected chi connectivity index (χ0v) is 12.2. The number of aromatic nitrogens is 1. The smallest absolute Gasteiger partial charge is 0.169 e. The van der Waals surface area contributed by atoms with Crippen molar-refractivity contribution in [2.45, 2.75) is 13.5 Å². The van der Waals surface area contributed by atoms with Gasteiger partial charge in [0.1, 0.15) is 6.54 Å². The third-order valence-corrected chi connectivity index (χ3v) is 3.16. The van der Waals surface area contributed by atoms with Crippen LogP contribution in [-0.4, -0.2) is 14.2 Å². The second-order valence-electron chi connectivity index (χ2n) is 4.41. The van der Waals surface area contributed by atoms with Gasteiger partial charge in [0.2, 0.25) is 0 Å². The second kappa shape index (κ2) is 6.75. The Morgan fingerprint density at radius 1 is 0.900 bits per heavy atom. The van der Waals surface area contributed by atoms with Crippen LogP contribution in [0.3, 0.4) is 0 Å². The molecule has 1 aromatic carbocycles. The fourth-order valence-corrected chi connectivity index (χ4v) is 1.94. The molecule has 0 saturated carbocycles. The number of rotatable bonds is 5. The summed E-state index contributed by atoms with van der Waals surface area (Å²) in [5.74, 6) is 1.49. The normalized spacial score (nSPS) is 10.8. The maximum Gasteiger partial charge on any atom is 0.169 e. The summed E-state index contributed by atoms with van der Waals surface area (Å²) in [6.07, 6.45) is 8.30. The molecule has 3 heteroatoms. The topological polar surface area (TPSA) is 22.3 Å². The Labute approximate surface area is 120 Å². The van der Waals surface area contributed by atoms with E-state index in [4.69, 9.17) is 9.47 Å². The van der Waals surface area contributed by atoms with Gasteiger partial charge in [-0.2, -0.15) is 0 Å². The molecule has 0 bridgehead atoms. The van der Waals surface area contributed by atoms with E-state index in [1.165, 1.54) is 5.56 Å². The molecule has 0 aliphatic rings. The average molecular weight is 270 g/mol. The van der Waals surface area contributed by atoms with Gasteiger partial charge in [0.05, 0.1) is 14.2 Å².